The van der Waals surface area contributed by atoms with E-state index in [1.54, 1.807) is 0 Å². The molecule has 0 spiro atoms. The summed E-state index contributed by atoms with van der Waals surface area (Å²) in [4.78, 5) is 14.8. The van der Waals surface area contributed by atoms with Gasteiger partial charge in [-0.1, -0.05) is 12.1 Å². The molecule has 1 aromatic heterocycles. The van der Waals surface area contributed by atoms with Gasteiger partial charge in [0.15, 0.2) is 0 Å². The molecule has 0 saturated heterocycles. The van der Waals surface area contributed by atoms with Gasteiger partial charge in [0.25, 0.3) is 5.91 Å². The molecule has 2 N–H and O–H groups in total. The zero-order chi connectivity index (χ0) is 14.4. The van der Waals surface area contributed by atoms with Crippen molar-refractivity contribution in [2.75, 3.05) is 17.2 Å². The summed E-state index contributed by atoms with van der Waals surface area (Å²) in [5.41, 5.74) is 9.65. The molecule has 1 aromatic carbocycles. The van der Waals surface area contributed by atoms with Gasteiger partial charge < -0.3 is 15.2 Å². The molecule has 2 heterocycles. The standard InChI is InChI=1S/C17H19N3O/c18-14-7-1-4-12-9-11-20(16(12)14)17(21)15-8-3-10-19(15)13-5-2-6-13/h1,3-4,7-8,10,13H,2,5-6,9,11,18H2. The molecule has 1 aliphatic heterocycles. The van der Waals surface area contributed by atoms with Crippen molar-refractivity contribution < 1.29 is 4.79 Å². The molecular weight excluding hydrogens is 262 g/mol. The molecule has 0 unspecified atom stereocenters. The van der Waals surface area contributed by atoms with Crippen LogP contribution in [0.2, 0.25) is 0 Å². The van der Waals surface area contributed by atoms with Crippen molar-refractivity contribution in [3.8, 4) is 0 Å². The number of amides is 1. The van der Waals surface area contributed by atoms with Gasteiger partial charge in [-0.3, -0.25) is 4.79 Å². The van der Waals surface area contributed by atoms with E-state index < -0.39 is 0 Å². The SMILES string of the molecule is Nc1cccc2c1N(C(=O)c1cccn1C1CCC1)CC2. The van der Waals surface area contributed by atoms with Gasteiger partial charge in [0, 0.05) is 18.8 Å². The number of anilines is 2. The zero-order valence-corrected chi connectivity index (χ0v) is 12.0. The monoisotopic (exact) mass is 281 g/mol. The highest BCUT2D eigenvalue weighted by Gasteiger charge is 2.30. The van der Waals surface area contributed by atoms with E-state index in [0.717, 1.165) is 24.3 Å². The van der Waals surface area contributed by atoms with E-state index in [9.17, 15) is 4.79 Å². The minimum atomic E-state index is 0.0727. The number of fused-ring (bicyclic) bond motifs is 1. The minimum Gasteiger partial charge on any atom is -0.397 e. The number of para-hydroxylation sites is 1. The molecule has 21 heavy (non-hydrogen) atoms. The number of nitrogen functional groups attached to an aromatic ring is 1. The highest BCUT2D eigenvalue weighted by Crippen LogP contribution is 2.36. The second-order valence-electron chi connectivity index (χ2n) is 5.95. The molecule has 4 heteroatoms. The fraction of sp³-hybridized carbons (Fsp3) is 0.353. The zero-order valence-electron chi connectivity index (χ0n) is 12.0. The van der Waals surface area contributed by atoms with E-state index in [0.29, 0.717) is 11.7 Å². The Hall–Kier alpha value is -2.23. The Kier molecular flexibility index (Phi) is 2.77. The van der Waals surface area contributed by atoms with Crippen molar-refractivity contribution in [1.82, 2.24) is 4.57 Å². The van der Waals surface area contributed by atoms with Gasteiger partial charge in [0.2, 0.25) is 0 Å². The number of nitrogens with two attached hydrogens (primary N) is 1. The van der Waals surface area contributed by atoms with Crippen LogP contribution in [-0.4, -0.2) is 17.0 Å². The lowest BCUT2D eigenvalue weighted by Crippen LogP contribution is -2.32. The summed E-state index contributed by atoms with van der Waals surface area (Å²) < 4.78 is 2.14. The Balaban J connectivity index is 1.70. The molecule has 2 aliphatic rings. The summed E-state index contributed by atoms with van der Waals surface area (Å²) in [5, 5.41) is 0. The van der Waals surface area contributed by atoms with Crippen molar-refractivity contribution in [1.29, 1.82) is 0 Å². The third kappa shape index (κ3) is 1.86. The average Bonchev–Trinajstić information content (AvgIpc) is 3.03. The van der Waals surface area contributed by atoms with Gasteiger partial charge in [-0.05, 0) is 49.4 Å². The number of hydrogen-bond acceptors (Lipinski definition) is 2. The maximum Gasteiger partial charge on any atom is 0.274 e. The largest absolute Gasteiger partial charge is 0.397 e. The van der Waals surface area contributed by atoms with Crippen molar-refractivity contribution in [2.45, 2.75) is 31.7 Å². The lowest BCUT2D eigenvalue weighted by Gasteiger charge is -2.30. The van der Waals surface area contributed by atoms with Crippen LogP contribution in [0.4, 0.5) is 11.4 Å². The molecule has 1 amide bonds. The van der Waals surface area contributed by atoms with Crippen LogP contribution in [0.3, 0.4) is 0 Å². The van der Waals surface area contributed by atoms with E-state index in [1.165, 1.54) is 24.8 Å². The summed E-state index contributed by atoms with van der Waals surface area (Å²) >= 11 is 0. The molecule has 1 saturated carbocycles. The van der Waals surface area contributed by atoms with Crippen LogP contribution in [0.15, 0.2) is 36.5 Å². The lowest BCUT2D eigenvalue weighted by atomic mass is 9.93. The van der Waals surface area contributed by atoms with Crippen LogP contribution >= 0.6 is 0 Å². The first kappa shape index (κ1) is 12.5. The van der Waals surface area contributed by atoms with Crippen LogP contribution in [0, 0.1) is 0 Å². The Labute approximate surface area is 124 Å². The first-order chi connectivity index (χ1) is 10.3. The second kappa shape index (κ2) is 4.65. The molecule has 4 rings (SSSR count). The maximum atomic E-state index is 12.9. The van der Waals surface area contributed by atoms with E-state index in [-0.39, 0.29) is 5.91 Å². The predicted molar refractivity (Wildman–Crippen MR) is 83.6 cm³/mol. The molecule has 4 nitrogen and oxygen atoms in total. The van der Waals surface area contributed by atoms with Crippen LogP contribution < -0.4 is 10.6 Å². The van der Waals surface area contributed by atoms with Crippen LogP contribution in [-0.2, 0) is 6.42 Å². The van der Waals surface area contributed by atoms with Crippen molar-refractivity contribution in [3.05, 3.63) is 47.8 Å². The van der Waals surface area contributed by atoms with Gasteiger partial charge >= 0.3 is 0 Å². The van der Waals surface area contributed by atoms with Crippen molar-refractivity contribution in [2.24, 2.45) is 0 Å². The number of rotatable bonds is 2. The molecular formula is C17H19N3O. The smallest absolute Gasteiger partial charge is 0.274 e. The third-order valence-electron chi connectivity index (χ3n) is 4.74. The normalized spacial score (nSPS) is 17.6. The number of carbonyl (C=O) groups is 1. The number of carbonyl (C=O) groups excluding carboxylic acids is 1. The van der Waals surface area contributed by atoms with Crippen LogP contribution in [0.5, 0.6) is 0 Å². The first-order valence-electron chi connectivity index (χ1n) is 7.62. The van der Waals surface area contributed by atoms with Gasteiger partial charge in [-0.25, -0.2) is 0 Å². The molecule has 1 fully saturated rings. The van der Waals surface area contributed by atoms with Gasteiger partial charge in [0.05, 0.1) is 11.4 Å². The number of benzene rings is 1. The summed E-state index contributed by atoms with van der Waals surface area (Å²) in [6.07, 6.45) is 6.52. The predicted octanol–water partition coefficient (Wildman–Crippen LogP) is 3.00. The van der Waals surface area contributed by atoms with E-state index in [4.69, 9.17) is 5.73 Å². The quantitative estimate of drug-likeness (QED) is 0.860. The summed E-state index contributed by atoms with van der Waals surface area (Å²) in [5.74, 6) is 0.0727. The van der Waals surface area contributed by atoms with Crippen LogP contribution in [0.1, 0.15) is 41.4 Å². The van der Waals surface area contributed by atoms with Crippen LogP contribution in [0.25, 0.3) is 0 Å². The van der Waals surface area contributed by atoms with E-state index in [2.05, 4.69) is 10.6 Å². The Bertz CT molecular complexity index is 700. The Morgan fingerprint density at radius 1 is 1.19 bits per heavy atom. The Morgan fingerprint density at radius 3 is 2.81 bits per heavy atom. The van der Waals surface area contributed by atoms with Gasteiger partial charge in [0.1, 0.15) is 5.69 Å². The van der Waals surface area contributed by atoms with E-state index >= 15 is 0 Å². The highest BCUT2D eigenvalue weighted by atomic mass is 16.2. The molecule has 0 atom stereocenters. The second-order valence-corrected chi connectivity index (χ2v) is 5.95. The molecule has 2 aromatic rings. The number of hydrogen-bond donors (Lipinski definition) is 1. The third-order valence-corrected chi connectivity index (χ3v) is 4.74. The molecule has 1 aliphatic carbocycles. The summed E-state index contributed by atoms with van der Waals surface area (Å²) in [7, 11) is 0. The first-order valence-corrected chi connectivity index (χ1v) is 7.62. The highest BCUT2D eigenvalue weighted by molar-refractivity contribution is 6.08. The van der Waals surface area contributed by atoms with Gasteiger partial charge in [-0.15, -0.1) is 0 Å². The van der Waals surface area contributed by atoms with Crippen molar-refractivity contribution >= 4 is 17.3 Å². The lowest BCUT2D eigenvalue weighted by molar-refractivity contribution is 0.0975. The molecule has 0 radical (unpaired) electrons. The summed E-state index contributed by atoms with van der Waals surface area (Å²) in [6, 6.07) is 10.3. The minimum absolute atomic E-state index is 0.0727. The summed E-state index contributed by atoms with van der Waals surface area (Å²) in [6.45, 7) is 0.720. The fourth-order valence-corrected chi connectivity index (χ4v) is 3.39. The van der Waals surface area contributed by atoms with Crippen molar-refractivity contribution in [3.63, 3.8) is 0 Å². The molecule has 108 valence electrons. The molecule has 0 bridgehead atoms. The number of nitrogens with zero attached hydrogens (tertiary/aromatic N) is 2. The fourth-order valence-electron chi connectivity index (χ4n) is 3.39. The topological polar surface area (TPSA) is 51.3 Å². The number of aromatic nitrogens is 1. The average molecular weight is 281 g/mol. The van der Waals surface area contributed by atoms with E-state index in [1.807, 2.05) is 35.4 Å². The van der Waals surface area contributed by atoms with Gasteiger partial charge in [-0.2, -0.15) is 0 Å². The maximum absolute atomic E-state index is 12.9. The Morgan fingerprint density at radius 2 is 2.05 bits per heavy atom.